The van der Waals surface area contributed by atoms with E-state index in [0.717, 1.165) is 19.0 Å². The Hall–Kier alpha value is -0.670. The molecule has 1 heterocycles. The summed E-state index contributed by atoms with van der Waals surface area (Å²) >= 11 is 5.63. The highest BCUT2D eigenvalue weighted by Crippen LogP contribution is 2.20. The maximum absolute atomic E-state index is 13.1. The summed E-state index contributed by atoms with van der Waals surface area (Å²) in [7, 11) is 0. The summed E-state index contributed by atoms with van der Waals surface area (Å²) in [5.74, 6) is -0.384. The third kappa shape index (κ3) is 2.64. The van der Waals surface area contributed by atoms with Gasteiger partial charge in [0, 0.05) is 11.6 Å². The fourth-order valence-corrected chi connectivity index (χ4v) is 1.34. The van der Waals surface area contributed by atoms with Gasteiger partial charge in [-0.15, -0.1) is 0 Å². The molecule has 0 aliphatic carbocycles. The van der Waals surface area contributed by atoms with Crippen LogP contribution in [-0.2, 0) is 0 Å². The first kappa shape index (κ1) is 10.4. The molecular weight excluding hydrogens is 191 g/mol. The van der Waals surface area contributed by atoms with Gasteiger partial charge in [0.2, 0.25) is 0 Å². The number of hydrogen-bond donors (Lipinski definition) is 1. The van der Waals surface area contributed by atoms with Gasteiger partial charge in [-0.25, -0.2) is 9.37 Å². The molecular formula is C9H12ClFN2. The van der Waals surface area contributed by atoms with Crippen molar-refractivity contribution in [2.24, 2.45) is 5.73 Å². The third-order valence-electron chi connectivity index (χ3n) is 1.85. The van der Waals surface area contributed by atoms with Crippen LogP contribution in [0.15, 0.2) is 12.3 Å². The number of nitrogens with zero attached hydrogens (tertiary/aromatic N) is 1. The average molecular weight is 203 g/mol. The van der Waals surface area contributed by atoms with E-state index in [2.05, 4.69) is 4.98 Å². The van der Waals surface area contributed by atoms with Crippen molar-refractivity contribution in [3.05, 3.63) is 28.8 Å². The Morgan fingerprint density at radius 3 is 3.00 bits per heavy atom. The van der Waals surface area contributed by atoms with E-state index in [1.807, 2.05) is 6.92 Å². The summed E-state index contributed by atoms with van der Waals surface area (Å²) < 4.78 is 13.1. The smallest absolute Gasteiger partial charge is 0.146 e. The van der Waals surface area contributed by atoms with Crippen LogP contribution in [0.2, 0.25) is 5.15 Å². The Bertz CT molecular complexity index is 291. The van der Waals surface area contributed by atoms with Gasteiger partial charge in [-0.05, 0) is 12.5 Å². The van der Waals surface area contributed by atoms with Crippen LogP contribution in [0.4, 0.5) is 4.39 Å². The summed E-state index contributed by atoms with van der Waals surface area (Å²) in [6.45, 7) is 2.00. The molecule has 0 aromatic carbocycles. The van der Waals surface area contributed by atoms with E-state index in [0.29, 0.717) is 5.56 Å². The summed E-state index contributed by atoms with van der Waals surface area (Å²) in [5.41, 5.74) is 6.19. The number of halogens is 2. The van der Waals surface area contributed by atoms with Crippen molar-refractivity contribution in [3.8, 4) is 0 Å². The monoisotopic (exact) mass is 202 g/mol. The van der Waals surface area contributed by atoms with Crippen LogP contribution < -0.4 is 5.73 Å². The number of hydrogen-bond acceptors (Lipinski definition) is 2. The number of aromatic nitrogens is 1. The van der Waals surface area contributed by atoms with Gasteiger partial charge in [-0.3, -0.25) is 0 Å². The zero-order chi connectivity index (χ0) is 9.84. The molecule has 13 heavy (non-hydrogen) atoms. The lowest BCUT2D eigenvalue weighted by Gasteiger charge is -2.11. The molecule has 0 unspecified atom stereocenters. The minimum atomic E-state index is -0.384. The van der Waals surface area contributed by atoms with Crippen LogP contribution in [0.1, 0.15) is 31.4 Å². The fraction of sp³-hybridized carbons (Fsp3) is 0.444. The molecule has 72 valence electrons. The zero-order valence-corrected chi connectivity index (χ0v) is 8.18. The largest absolute Gasteiger partial charge is 0.324 e. The lowest BCUT2D eigenvalue weighted by molar-refractivity contribution is 0.555. The zero-order valence-electron chi connectivity index (χ0n) is 7.43. The van der Waals surface area contributed by atoms with E-state index in [4.69, 9.17) is 17.3 Å². The van der Waals surface area contributed by atoms with E-state index in [1.54, 1.807) is 0 Å². The molecule has 0 amide bonds. The Morgan fingerprint density at radius 1 is 1.69 bits per heavy atom. The van der Waals surface area contributed by atoms with Crippen LogP contribution in [0.3, 0.4) is 0 Å². The van der Waals surface area contributed by atoms with Gasteiger partial charge in [-0.1, -0.05) is 24.9 Å². The minimum Gasteiger partial charge on any atom is -0.324 e. The van der Waals surface area contributed by atoms with Crippen molar-refractivity contribution < 1.29 is 4.39 Å². The Morgan fingerprint density at radius 2 is 2.38 bits per heavy atom. The number of pyridine rings is 1. The van der Waals surface area contributed by atoms with Crippen LogP contribution in [0, 0.1) is 5.82 Å². The second-order valence-electron chi connectivity index (χ2n) is 2.92. The fourth-order valence-electron chi connectivity index (χ4n) is 1.18. The predicted octanol–water partition coefficient (Wildman–Crippen LogP) is 2.67. The van der Waals surface area contributed by atoms with E-state index in [1.165, 1.54) is 6.07 Å². The van der Waals surface area contributed by atoms with E-state index in [9.17, 15) is 4.39 Å². The summed E-state index contributed by atoms with van der Waals surface area (Å²) in [6.07, 6.45) is 2.77. The van der Waals surface area contributed by atoms with E-state index < -0.39 is 0 Å². The normalized spacial score (nSPS) is 12.9. The number of rotatable bonds is 3. The highest BCUT2D eigenvalue weighted by molar-refractivity contribution is 6.29. The quantitative estimate of drug-likeness (QED) is 0.766. The highest BCUT2D eigenvalue weighted by Gasteiger charge is 2.11. The SMILES string of the molecule is CCC[C@H](N)c1cc(Cl)ncc1F. The first-order valence-corrected chi connectivity index (χ1v) is 4.59. The standard InChI is InChI=1S/C9H12ClFN2/c1-2-3-8(12)6-4-9(10)13-5-7(6)11/h4-5,8H,2-3,12H2,1H3/t8-/m0/s1. The van der Waals surface area contributed by atoms with Gasteiger partial charge in [-0.2, -0.15) is 0 Å². The Labute approximate surface area is 81.9 Å². The molecule has 0 spiro atoms. The molecule has 1 rings (SSSR count). The third-order valence-corrected chi connectivity index (χ3v) is 2.06. The molecule has 0 aliphatic rings. The topological polar surface area (TPSA) is 38.9 Å². The van der Waals surface area contributed by atoms with Crippen LogP contribution in [-0.4, -0.2) is 4.98 Å². The summed E-state index contributed by atoms with van der Waals surface area (Å²) in [4.78, 5) is 3.62. The highest BCUT2D eigenvalue weighted by atomic mass is 35.5. The summed E-state index contributed by atoms with van der Waals surface area (Å²) in [6, 6.07) is 1.20. The minimum absolute atomic E-state index is 0.281. The van der Waals surface area contributed by atoms with Gasteiger partial charge in [0.1, 0.15) is 11.0 Å². The van der Waals surface area contributed by atoms with Crippen molar-refractivity contribution in [2.75, 3.05) is 0 Å². The van der Waals surface area contributed by atoms with Crippen LogP contribution in [0.5, 0.6) is 0 Å². The van der Waals surface area contributed by atoms with Gasteiger partial charge in [0.15, 0.2) is 0 Å². The van der Waals surface area contributed by atoms with Crippen LogP contribution >= 0.6 is 11.6 Å². The number of nitrogens with two attached hydrogens (primary N) is 1. The molecule has 1 atom stereocenters. The summed E-state index contributed by atoms with van der Waals surface area (Å²) in [5, 5.41) is 0.281. The molecule has 4 heteroatoms. The van der Waals surface area contributed by atoms with Crippen molar-refractivity contribution in [2.45, 2.75) is 25.8 Å². The molecule has 0 radical (unpaired) electrons. The average Bonchev–Trinajstić information content (AvgIpc) is 2.09. The molecule has 0 fully saturated rings. The molecule has 0 bridgehead atoms. The molecule has 2 nitrogen and oxygen atoms in total. The first-order chi connectivity index (χ1) is 6.15. The molecule has 0 saturated heterocycles. The van der Waals surface area contributed by atoms with Crippen LogP contribution in [0.25, 0.3) is 0 Å². The molecule has 0 aliphatic heterocycles. The van der Waals surface area contributed by atoms with Crippen molar-refractivity contribution in [1.29, 1.82) is 0 Å². The first-order valence-electron chi connectivity index (χ1n) is 4.21. The Balaban J connectivity index is 2.91. The molecule has 1 aromatic heterocycles. The van der Waals surface area contributed by atoms with Gasteiger partial charge in [0.05, 0.1) is 6.20 Å². The molecule has 0 saturated carbocycles. The van der Waals surface area contributed by atoms with Crippen molar-refractivity contribution in [3.63, 3.8) is 0 Å². The van der Waals surface area contributed by atoms with E-state index in [-0.39, 0.29) is 17.0 Å². The maximum atomic E-state index is 13.1. The van der Waals surface area contributed by atoms with Gasteiger partial charge < -0.3 is 5.73 Å². The maximum Gasteiger partial charge on any atom is 0.146 e. The lowest BCUT2D eigenvalue weighted by atomic mass is 10.0. The van der Waals surface area contributed by atoms with Gasteiger partial charge in [0.25, 0.3) is 0 Å². The van der Waals surface area contributed by atoms with Crippen molar-refractivity contribution >= 4 is 11.6 Å². The molecule has 1 aromatic rings. The molecule has 2 N–H and O–H groups in total. The van der Waals surface area contributed by atoms with Gasteiger partial charge >= 0.3 is 0 Å². The van der Waals surface area contributed by atoms with E-state index >= 15 is 0 Å². The Kier molecular flexibility index (Phi) is 3.63. The predicted molar refractivity (Wildman–Crippen MR) is 51.0 cm³/mol. The second kappa shape index (κ2) is 4.53. The second-order valence-corrected chi connectivity index (χ2v) is 3.31. The van der Waals surface area contributed by atoms with Crippen molar-refractivity contribution in [1.82, 2.24) is 4.98 Å². The lowest BCUT2D eigenvalue weighted by Crippen LogP contribution is -2.12.